The topological polar surface area (TPSA) is 45.1 Å². The molecule has 0 bridgehead atoms. The maximum absolute atomic E-state index is 11.9. The van der Waals surface area contributed by atoms with Crippen LogP contribution in [0, 0.1) is 6.92 Å². The predicted molar refractivity (Wildman–Crippen MR) is 126 cm³/mol. The zero-order valence-corrected chi connectivity index (χ0v) is 18.5. The number of carbonyl (C=O) groups excluding carboxylic acids is 1. The largest absolute Gasteiger partial charge is 0.466 e. The van der Waals surface area contributed by atoms with Gasteiger partial charge in [0, 0.05) is 44.8 Å². The molecular weight excluding hydrogens is 398 g/mol. The molecule has 3 heterocycles. The van der Waals surface area contributed by atoms with Gasteiger partial charge in [-0.15, -0.1) is 0 Å². The average molecular weight is 426 g/mol. The van der Waals surface area contributed by atoms with Gasteiger partial charge in [-0.2, -0.15) is 5.10 Å². The first kappa shape index (κ1) is 19.4. The predicted octanol–water partition coefficient (Wildman–Crippen LogP) is 5.03. The van der Waals surface area contributed by atoms with Crippen LogP contribution in [0.2, 0.25) is 0 Å². The van der Waals surface area contributed by atoms with Crippen molar-refractivity contribution in [3.8, 4) is 5.75 Å². The Kier molecular flexibility index (Phi) is 4.29. The molecule has 0 radical (unpaired) electrons. The summed E-state index contributed by atoms with van der Waals surface area (Å²) in [6.07, 6.45) is 2.37. The van der Waals surface area contributed by atoms with Gasteiger partial charge in [0.2, 0.25) is 11.6 Å². The number of benzene rings is 3. The smallest absolute Gasteiger partial charge is 0.219 e. The minimum absolute atomic E-state index is 0.130. The van der Waals surface area contributed by atoms with Crippen LogP contribution in [0.25, 0.3) is 10.8 Å². The van der Waals surface area contributed by atoms with Gasteiger partial charge in [-0.25, -0.2) is 5.01 Å². The summed E-state index contributed by atoms with van der Waals surface area (Å²) >= 11 is 0. The van der Waals surface area contributed by atoms with E-state index in [1.54, 1.807) is 6.92 Å². The highest BCUT2D eigenvalue weighted by atomic mass is 16.5. The van der Waals surface area contributed by atoms with Crippen LogP contribution in [-0.4, -0.2) is 40.3 Å². The molecule has 0 unspecified atom stereocenters. The zero-order chi connectivity index (χ0) is 21.9. The highest BCUT2D eigenvalue weighted by molar-refractivity contribution is 6.04. The molecule has 1 amide bonds. The molecule has 1 fully saturated rings. The second-order valence-electron chi connectivity index (χ2n) is 9.27. The molecule has 5 nitrogen and oxygen atoms in total. The number of hydrazone groups is 1. The Hall–Kier alpha value is -3.34. The van der Waals surface area contributed by atoms with E-state index in [2.05, 4.69) is 72.6 Å². The average Bonchev–Trinajstić information content (AvgIpc) is 3.27. The zero-order valence-electron chi connectivity index (χ0n) is 18.5. The van der Waals surface area contributed by atoms with Crippen molar-refractivity contribution >= 4 is 22.4 Å². The number of fused-ring (bicyclic) bond motifs is 5. The number of nitrogens with zero attached hydrogens (tertiary/aromatic N) is 3. The van der Waals surface area contributed by atoms with Gasteiger partial charge in [-0.3, -0.25) is 4.79 Å². The monoisotopic (exact) mass is 425 g/mol. The fraction of sp³-hybridized carbons (Fsp3) is 0.333. The summed E-state index contributed by atoms with van der Waals surface area (Å²) in [7, 11) is 0. The normalized spacial score (nSPS) is 21.2. The van der Waals surface area contributed by atoms with E-state index >= 15 is 0 Å². The van der Waals surface area contributed by atoms with Gasteiger partial charge in [0.25, 0.3) is 0 Å². The lowest BCUT2D eigenvalue weighted by Crippen LogP contribution is -2.59. The van der Waals surface area contributed by atoms with E-state index in [9.17, 15) is 4.79 Å². The number of likely N-dealkylation sites (tertiary alicyclic amines) is 1. The molecule has 3 aliphatic heterocycles. The first-order valence-electron chi connectivity index (χ1n) is 11.4. The third-order valence-corrected chi connectivity index (χ3v) is 7.22. The van der Waals surface area contributed by atoms with Gasteiger partial charge in [-0.1, -0.05) is 54.1 Å². The molecule has 1 spiro atoms. The van der Waals surface area contributed by atoms with Crippen LogP contribution in [0.15, 0.2) is 65.8 Å². The van der Waals surface area contributed by atoms with Crippen molar-refractivity contribution in [2.24, 2.45) is 5.10 Å². The van der Waals surface area contributed by atoms with Gasteiger partial charge >= 0.3 is 0 Å². The van der Waals surface area contributed by atoms with Crippen molar-refractivity contribution in [1.29, 1.82) is 0 Å². The van der Waals surface area contributed by atoms with E-state index in [-0.39, 0.29) is 11.9 Å². The Morgan fingerprint density at radius 2 is 1.81 bits per heavy atom. The van der Waals surface area contributed by atoms with Crippen LogP contribution in [0.4, 0.5) is 0 Å². The van der Waals surface area contributed by atoms with E-state index in [1.165, 1.54) is 27.5 Å². The van der Waals surface area contributed by atoms with Crippen LogP contribution < -0.4 is 4.74 Å². The minimum Gasteiger partial charge on any atom is -0.466 e. The van der Waals surface area contributed by atoms with E-state index < -0.39 is 5.72 Å². The van der Waals surface area contributed by atoms with Crippen molar-refractivity contribution in [3.05, 3.63) is 77.4 Å². The second-order valence-corrected chi connectivity index (χ2v) is 9.27. The van der Waals surface area contributed by atoms with Crippen molar-refractivity contribution < 1.29 is 9.53 Å². The van der Waals surface area contributed by atoms with Gasteiger partial charge < -0.3 is 9.64 Å². The van der Waals surface area contributed by atoms with Crippen LogP contribution in [0.1, 0.15) is 48.9 Å². The number of amides is 1. The van der Waals surface area contributed by atoms with E-state index in [1.807, 2.05) is 4.90 Å². The van der Waals surface area contributed by atoms with Crippen molar-refractivity contribution in [2.45, 2.75) is 44.9 Å². The standard InChI is InChI=1S/C27H27N3O2/c1-18-7-10-26-23(15-18)25-17-24(22-9-8-20-5-3-4-6-21(20)16-22)28-30(25)27(32-26)11-13-29(14-12-27)19(2)31/h3-10,15-16,25H,11-14,17H2,1-2H3/t25-/m1/s1. The first-order valence-corrected chi connectivity index (χ1v) is 11.4. The molecule has 1 saturated heterocycles. The molecule has 3 aliphatic rings. The maximum atomic E-state index is 11.9. The third-order valence-electron chi connectivity index (χ3n) is 7.22. The number of ether oxygens (including phenoxy) is 1. The molecule has 0 aromatic heterocycles. The molecule has 162 valence electrons. The Morgan fingerprint density at radius 3 is 2.59 bits per heavy atom. The number of aryl methyl sites for hydroxylation is 1. The molecule has 0 saturated carbocycles. The lowest BCUT2D eigenvalue weighted by molar-refractivity contribution is -0.158. The first-order chi connectivity index (χ1) is 15.5. The Morgan fingerprint density at radius 1 is 1.03 bits per heavy atom. The van der Waals surface area contributed by atoms with Crippen LogP contribution >= 0.6 is 0 Å². The molecule has 32 heavy (non-hydrogen) atoms. The molecule has 3 aromatic rings. The number of hydrogen-bond acceptors (Lipinski definition) is 4. The van der Waals surface area contributed by atoms with Gasteiger partial charge in [0.05, 0.1) is 11.8 Å². The molecular formula is C27H27N3O2. The van der Waals surface area contributed by atoms with Crippen LogP contribution in [0.3, 0.4) is 0 Å². The molecule has 5 heteroatoms. The number of piperidine rings is 1. The lowest BCUT2D eigenvalue weighted by atomic mass is 9.90. The highest BCUT2D eigenvalue weighted by Gasteiger charge is 2.52. The SMILES string of the molecule is CC(=O)N1CCC2(CC1)Oc1ccc(C)cc1[C@H]1CC(c3ccc4ccccc4c3)=NN12. The Balaban J connectivity index is 1.42. The fourth-order valence-electron chi connectivity index (χ4n) is 5.45. The summed E-state index contributed by atoms with van der Waals surface area (Å²) in [6.45, 7) is 5.16. The highest BCUT2D eigenvalue weighted by Crippen LogP contribution is 2.50. The Bertz CT molecular complexity index is 1260. The molecule has 0 aliphatic carbocycles. The van der Waals surface area contributed by atoms with Crippen molar-refractivity contribution in [1.82, 2.24) is 9.91 Å². The van der Waals surface area contributed by atoms with Gasteiger partial charge in [0.1, 0.15) is 5.75 Å². The number of carbonyl (C=O) groups is 1. The minimum atomic E-state index is -0.503. The summed E-state index contributed by atoms with van der Waals surface area (Å²) in [5, 5.41) is 9.87. The van der Waals surface area contributed by atoms with Gasteiger partial charge in [0.15, 0.2) is 0 Å². The summed E-state index contributed by atoms with van der Waals surface area (Å²) < 4.78 is 6.69. The van der Waals surface area contributed by atoms with E-state index in [0.29, 0.717) is 13.1 Å². The summed E-state index contributed by atoms with van der Waals surface area (Å²) in [4.78, 5) is 13.8. The quantitative estimate of drug-likeness (QED) is 0.549. The van der Waals surface area contributed by atoms with Gasteiger partial charge in [-0.05, 0) is 35.4 Å². The van der Waals surface area contributed by atoms with E-state index in [0.717, 1.165) is 30.7 Å². The number of rotatable bonds is 1. The third kappa shape index (κ3) is 2.99. The molecule has 0 N–H and O–H groups in total. The Labute approximate surface area is 188 Å². The summed E-state index contributed by atoms with van der Waals surface area (Å²) in [5.41, 5.74) is 4.21. The summed E-state index contributed by atoms with van der Waals surface area (Å²) in [6, 6.07) is 21.7. The maximum Gasteiger partial charge on any atom is 0.219 e. The fourth-order valence-corrected chi connectivity index (χ4v) is 5.45. The lowest BCUT2D eigenvalue weighted by Gasteiger charge is -2.51. The van der Waals surface area contributed by atoms with E-state index in [4.69, 9.17) is 9.84 Å². The van der Waals surface area contributed by atoms with Crippen molar-refractivity contribution in [2.75, 3.05) is 13.1 Å². The van der Waals surface area contributed by atoms with Crippen LogP contribution in [-0.2, 0) is 4.79 Å². The summed E-state index contributed by atoms with van der Waals surface area (Å²) in [5.74, 6) is 1.09. The second kappa shape index (κ2) is 7.09. The molecule has 6 rings (SSSR count). The number of hydrogen-bond donors (Lipinski definition) is 0. The molecule has 3 aromatic carbocycles. The van der Waals surface area contributed by atoms with Crippen LogP contribution in [0.5, 0.6) is 5.75 Å². The molecule has 1 atom stereocenters. The van der Waals surface area contributed by atoms with Crippen molar-refractivity contribution in [3.63, 3.8) is 0 Å².